The maximum absolute atomic E-state index is 2.42. The highest BCUT2D eigenvalue weighted by Crippen LogP contribution is 2.26. The van der Waals surface area contributed by atoms with E-state index in [0.717, 1.165) is 0 Å². The predicted octanol–water partition coefficient (Wildman–Crippen LogP) is 8.50. The lowest BCUT2D eigenvalue weighted by Gasteiger charge is -2.30. The minimum atomic E-state index is 0.486. The van der Waals surface area contributed by atoms with Gasteiger partial charge >= 0.3 is 0 Å². The van der Waals surface area contributed by atoms with Gasteiger partial charge in [-0.15, -0.1) is 0 Å². The van der Waals surface area contributed by atoms with Crippen molar-refractivity contribution in [1.29, 1.82) is 0 Å². The summed E-state index contributed by atoms with van der Waals surface area (Å²) in [5, 5.41) is 0. The van der Waals surface area contributed by atoms with Crippen LogP contribution in [-0.2, 0) is 0 Å². The summed E-state index contributed by atoms with van der Waals surface area (Å²) in [4.78, 5) is 4.78. The number of unbranched alkanes of at least 4 members (excludes halogenated alkanes) is 14. The van der Waals surface area contributed by atoms with Crippen LogP contribution in [-0.4, -0.2) is 18.1 Å². The fourth-order valence-electron chi connectivity index (χ4n) is 4.47. The van der Waals surface area contributed by atoms with Crippen LogP contribution >= 0.6 is 0 Å². The number of hydrogen-bond donors (Lipinski definition) is 0. The highest BCUT2D eigenvalue weighted by molar-refractivity contribution is 5.51. The van der Waals surface area contributed by atoms with Gasteiger partial charge in [0.2, 0.25) is 0 Å². The predicted molar refractivity (Wildman–Crippen MR) is 129 cm³/mol. The van der Waals surface area contributed by atoms with Crippen LogP contribution in [0, 0.1) is 0 Å². The molecule has 164 valence electrons. The van der Waals surface area contributed by atoms with E-state index >= 15 is 0 Å². The van der Waals surface area contributed by atoms with Crippen LogP contribution in [0.3, 0.4) is 0 Å². The van der Waals surface area contributed by atoms with Gasteiger partial charge in [0.25, 0.3) is 0 Å². The Hall–Kier alpha value is -1.44. The van der Waals surface area contributed by atoms with Gasteiger partial charge in [0.1, 0.15) is 6.17 Å². The molecule has 0 radical (unpaired) electrons. The Morgan fingerprint density at radius 3 is 1.62 bits per heavy atom. The molecule has 2 rings (SSSR count). The zero-order valence-corrected chi connectivity index (χ0v) is 19.3. The Morgan fingerprint density at radius 1 is 0.621 bits per heavy atom. The molecule has 2 heteroatoms. The van der Waals surface area contributed by atoms with E-state index in [9.17, 15) is 0 Å². The van der Waals surface area contributed by atoms with Gasteiger partial charge in [-0.05, 0) is 25.0 Å². The first-order valence-corrected chi connectivity index (χ1v) is 12.6. The van der Waals surface area contributed by atoms with Gasteiger partial charge in [-0.1, -0.05) is 115 Å². The third-order valence-corrected chi connectivity index (χ3v) is 6.37. The molecule has 1 aliphatic heterocycles. The van der Waals surface area contributed by atoms with Crippen LogP contribution in [0.25, 0.3) is 0 Å². The van der Waals surface area contributed by atoms with Crippen molar-refractivity contribution in [3.8, 4) is 0 Å². The molecule has 1 aromatic rings. The normalized spacial score (nSPS) is 16.1. The highest BCUT2D eigenvalue weighted by atomic mass is 15.4. The lowest BCUT2D eigenvalue weighted by atomic mass is 10.0. The van der Waals surface area contributed by atoms with E-state index in [1.54, 1.807) is 0 Å². The molecule has 1 aliphatic rings. The Labute approximate surface area is 181 Å². The summed E-state index contributed by atoms with van der Waals surface area (Å²) in [6, 6.07) is 10.8. The lowest BCUT2D eigenvalue weighted by Crippen LogP contribution is -2.36. The van der Waals surface area contributed by atoms with E-state index in [2.05, 4.69) is 66.5 Å². The molecule has 1 heterocycles. The van der Waals surface area contributed by atoms with Crippen LogP contribution < -0.4 is 4.90 Å². The molecule has 0 aliphatic carbocycles. The standard InChI is InChI=1S/C27H46N2/c1-3-4-5-6-7-8-9-10-11-12-13-14-15-16-20-23-27-28(2)24-25-29(27)26-21-18-17-19-22-26/h17-19,21-22,24-25,27H,3-16,20,23H2,1-2H3. The molecule has 0 amide bonds. The average Bonchev–Trinajstić information content (AvgIpc) is 3.12. The largest absolute Gasteiger partial charge is 0.359 e. The van der Waals surface area contributed by atoms with Gasteiger partial charge in [0.05, 0.1) is 0 Å². The quantitative estimate of drug-likeness (QED) is 0.243. The van der Waals surface area contributed by atoms with Crippen molar-refractivity contribution in [2.75, 3.05) is 11.9 Å². The zero-order valence-electron chi connectivity index (χ0n) is 19.3. The second kappa shape index (κ2) is 15.4. The molecule has 1 atom stereocenters. The molecule has 1 unspecified atom stereocenters. The van der Waals surface area contributed by atoms with Crippen LogP contribution in [0.15, 0.2) is 42.7 Å². The van der Waals surface area contributed by atoms with Crippen LogP contribution in [0.5, 0.6) is 0 Å². The van der Waals surface area contributed by atoms with Crippen molar-refractivity contribution in [2.45, 2.75) is 116 Å². The number of benzene rings is 1. The maximum atomic E-state index is 2.42. The van der Waals surface area contributed by atoms with E-state index in [1.165, 1.54) is 108 Å². The molecular weight excluding hydrogens is 352 g/mol. The van der Waals surface area contributed by atoms with E-state index in [-0.39, 0.29) is 0 Å². The van der Waals surface area contributed by atoms with Crippen LogP contribution in [0.2, 0.25) is 0 Å². The second-order valence-electron chi connectivity index (χ2n) is 8.93. The smallest absolute Gasteiger partial charge is 0.105 e. The Kier molecular flexibility index (Phi) is 12.7. The fraction of sp³-hybridized carbons (Fsp3) is 0.704. The van der Waals surface area contributed by atoms with Crippen molar-refractivity contribution in [1.82, 2.24) is 4.90 Å². The number of rotatable bonds is 17. The maximum Gasteiger partial charge on any atom is 0.105 e. The third-order valence-electron chi connectivity index (χ3n) is 6.37. The van der Waals surface area contributed by atoms with Crippen molar-refractivity contribution in [3.05, 3.63) is 42.7 Å². The summed E-state index contributed by atoms with van der Waals surface area (Å²) >= 11 is 0. The first-order chi connectivity index (χ1) is 14.3. The first-order valence-electron chi connectivity index (χ1n) is 12.6. The summed E-state index contributed by atoms with van der Waals surface area (Å²) in [6.07, 6.45) is 27.6. The molecule has 1 aromatic carbocycles. The van der Waals surface area contributed by atoms with Gasteiger partial charge in [-0.2, -0.15) is 0 Å². The molecule has 0 saturated heterocycles. The Balaban J connectivity index is 1.41. The van der Waals surface area contributed by atoms with E-state index in [0.29, 0.717) is 6.17 Å². The second-order valence-corrected chi connectivity index (χ2v) is 8.93. The summed E-state index contributed by atoms with van der Waals surface area (Å²) in [6.45, 7) is 2.30. The summed E-state index contributed by atoms with van der Waals surface area (Å²) in [7, 11) is 2.20. The highest BCUT2D eigenvalue weighted by Gasteiger charge is 2.23. The van der Waals surface area contributed by atoms with Crippen molar-refractivity contribution in [2.24, 2.45) is 0 Å². The number of nitrogens with zero attached hydrogens (tertiary/aromatic N) is 2. The molecule has 29 heavy (non-hydrogen) atoms. The Bertz CT molecular complexity index is 525. The summed E-state index contributed by atoms with van der Waals surface area (Å²) < 4.78 is 0. The van der Waals surface area contributed by atoms with Gasteiger partial charge in [0, 0.05) is 25.1 Å². The number of hydrogen-bond acceptors (Lipinski definition) is 2. The Morgan fingerprint density at radius 2 is 1.10 bits per heavy atom. The minimum absolute atomic E-state index is 0.486. The molecule has 0 aromatic heterocycles. The average molecular weight is 399 g/mol. The van der Waals surface area contributed by atoms with Gasteiger partial charge in [0.15, 0.2) is 0 Å². The minimum Gasteiger partial charge on any atom is -0.359 e. The molecule has 0 N–H and O–H groups in total. The molecule has 0 spiro atoms. The summed E-state index contributed by atoms with van der Waals surface area (Å²) in [5.41, 5.74) is 1.30. The molecular formula is C27H46N2. The number of para-hydroxylation sites is 1. The summed E-state index contributed by atoms with van der Waals surface area (Å²) in [5.74, 6) is 0. The fourth-order valence-corrected chi connectivity index (χ4v) is 4.47. The topological polar surface area (TPSA) is 6.48 Å². The van der Waals surface area contributed by atoms with Crippen molar-refractivity contribution >= 4 is 5.69 Å². The van der Waals surface area contributed by atoms with Crippen LogP contribution in [0.4, 0.5) is 5.69 Å². The monoisotopic (exact) mass is 398 g/mol. The van der Waals surface area contributed by atoms with Crippen molar-refractivity contribution < 1.29 is 0 Å². The molecule has 2 nitrogen and oxygen atoms in total. The molecule has 0 saturated carbocycles. The number of anilines is 1. The molecule has 0 bridgehead atoms. The van der Waals surface area contributed by atoms with Gasteiger partial charge in [-0.25, -0.2) is 0 Å². The van der Waals surface area contributed by atoms with E-state index in [4.69, 9.17) is 0 Å². The molecule has 0 fully saturated rings. The zero-order chi connectivity index (χ0) is 20.6. The van der Waals surface area contributed by atoms with Crippen LogP contribution in [0.1, 0.15) is 110 Å². The van der Waals surface area contributed by atoms with Gasteiger partial charge in [-0.3, -0.25) is 0 Å². The van der Waals surface area contributed by atoms with E-state index < -0.39 is 0 Å². The lowest BCUT2D eigenvalue weighted by molar-refractivity contribution is 0.329. The third kappa shape index (κ3) is 9.74. The van der Waals surface area contributed by atoms with E-state index in [1.807, 2.05) is 0 Å². The van der Waals surface area contributed by atoms with Crippen molar-refractivity contribution in [3.63, 3.8) is 0 Å². The SMILES string of the molecule is CCCCCCCCCCCCCCCCCC1N(C)C=CN1c1ccccc1. The first kappa shape index (κ1) is 23.8. The van der Waals surface area contributed by atoms with Gasteiger partial charge < -0.3 is 9.80 Å².